The Morgan fingerprint density at radius 2 is 1.81 bits per heavy atom. The minimum atomic E-state index is -4.46. The summed E-state index contributed by atoms with van der Waals surface area (Å²) >= 11 is 0. The number of halogens is 3. The first-order valence-corrected chi connectivity index (χ1v) is 8.60. The maximum Gasteiger partial charge on any atom is 0.416 e. The fourth-order valence-corrected chi connectivity index (χ4v) is 3.90. The van der Waals surface area contributed by atoms with Gasteiger partial charge in [-0.3, -0.25) is 9.69 Å². The molecule has 0 bridgehead atoms. The van der Waals surface area contributed by atoms with Gasteiger partial charge in [0.2, 0.25) is 0 Å². The van der Waals surface area contributed by atoms with Gasteiger partial charge in [0.05, 0.1) is 5.56 Å². The number of hydrogen-bond donors (Lipinski definition) is 0. The molecule has 0 atom stereocenters. The van der Waals surface area contributed by atoms with Crippen LogP contribution in [0.5, 0.6) is 0 Å². The normalized spacial score (nSPS) is 17.4. The molecule has 2 aliphatic heterocycles. The van der Waals surface area contributed by atoms with Crippen LogP contribution in [0.3, 0.4) is 0 Å². The van der Waals surface area contributed by atoms with Crippen LogP contribution >= 0.6 is 0 Å². The molecule has 2 aliphatic rings. The first-order chi connectivity index (χ1) is 12.3. The summed E-state index contributed by atoms with van der Waals surface area (Å²) in [6, 6.07) is 11.0. The van der Waals surface area contributed by atoms with E-state index in [0.717, 1.165) is 13.0 Å². The highest BCUT2D eigenvalue weighted by atomic mass is 19.4. The average molecular weight is 360 g/mol. The van der Waals surface area contributed by atoms with Crippen LogP contribution < -0.4 is 0 Å². The maximum absolute atomic E-state index is 13.5. The minimum absolute atomic E-state index is 0.0143. The number of amides is 1. The van der Waals surface area contributed by atoms with Gasteiger partial charge in [0.1, 0.15) is 0 Å². The lowest BCUT2D eigenvalue weighted by atomic mass is 9.97. The number of nitrogens with zero attached hydrogens (tertiary/aromatic N) is 2. The fourth-order valence-electron chi connectivity index (χ4n) is 3.90. The molecular formula is C20H19F3N2O. The standard InChI is InChI=1S/C20H19F3N2O/c1-24-12-17-16(19(24)26)8-13(9-18(17)20(21,22)23)10-25-7-6-14-4-2-3-5-15(14)11-25/h2-5,8-9H,6-7,10-12H2,1H3. The van der Waals surface area contributed by atoms with Gasteiger partial charge in [0.25, 0.3) is 5.91 Å². The van der Waals surface area contributed by atoms with Crippen molar-refractivity contribution in [1.29, 1.82) is 0 Å². The molecular weight excluding hydrogens is 341 g/mol. The van der Waals surface area contributed by atoms with Gasteiger partial charge in [-0.25, -0.2) is 0 Å². The Morgan fingerprint density at radius 3 is 2.54 bits per heavy atom. The van der Waals surface area contributed by atoms with Crippen molar-refractivity contribution in [3.05, 3.63) is 69.8 Å². The van der Waals surface area contributed by atoms with E-state index in [1.54, 1.807) is 6.07 Å². The molecule has 0 radical (unpaired) electrons. The summed E-state index contributed by atoms with van der Waals surface area (Å²) in [6.45, 7) is 1.92. The molecule has 0 saturated carbocycles. The number of hydrogen-bond acceptors (Lipinski definition) is 2. The molecule has 0 saturated heterocycles. The number of rotatable bonds is 2. The van der Waals surface area contributed by atoms with Crippen LogP contribution in [0.1, 0.15) is 38.2 Å². The van der Waals surface area contributed by atoms with Crippen LogP contribution in [0.25, 0.3) is 0 Å². The summed E-state index contributed by atoms with van der Waals surface area (Å²) in [5.74, 6) is -0.337. The molecule has 136 valence electrons. The monoisotopic (exact) mass is 360 g/mol. The molecule has 0 aliphatic carbocycles. The lowest BCUT2D eigenvalue weighted by Gasteiger charge is -2.29. The summed E-state index contributed by atoms with van der Waals surface area (Å²) in [6.07, 6.45) is -3.57. The Hall–Kier alpha value is -2.34. The highest BCUT2D eigenvalue weighted by Crippen LogP contribution is 2.38. The van der Waals surface area contributed by atoms with E-state index in [1.807, 2.05) is 12.1 Å². The van der Waals surface area contributed by atoms with E-state index in [9.17, 15) is 18.0 Å². The van der Waals surface area contributed by atoms with Gasteiger partial charge in [-0.05, 0) is 40.8 Å². The van der Waals surface area contributed by atoms with Crippen LogP contribution in [0.15, 0.2) is 36.4 Å². The lowest BCUT2D eigenvalue weighted by molar-refractivity contribution is -0.138. The van der Waals surface area contributed by atoms with Gasteiger partial charge in [0.15, 0.2) is 0 Å². The van der Waals surface area contributed by atoms with E-state index in [2.05, 4.69) is 17.0 Å². The topological polar surface area (TPSA) is 23.6 Å². The van der Waals surface area contributed by atoms with Crippen LogP contribution in [-0.2, 0) is 32.2 Å². The Labute approximate surface area is 150 Å². The summed E-state index contributed by atoms with van der Waals surface area (Å²) < 4.78 is 40.5. The first kappa shape index (κ1) is 17.1. The van der Waals surface area contributed by atoms with Crippen LogP contribution in [0.4, 0.5) is 13.2 Å². The molecule has 0 N–H and O–H groups in total. The van der Waals surface area contributed by atoms with Crippen molar-refractivity contribution < 1.29 is 18.0 Å². The summed E-state index contributed by atoms with van der Waals surface area (Å²) in [4.78, 5) is 15.7. The van der Waals surface area contributed by atoms with E-state index in [1.165, 1.54) is 29.1 Å². The van der Waals surface area contributed by atoms with E-state index in [0.29, 0.717) is 18.7 Å². The summed E-state index contributed by atoms with van der Waals surface area (Å²) in [5, 5.41) is 0. The van der Waals surface area contributed by atoms with Gasteiger partial charge in [-0.2, -0.15) is 13.2 Å². The van der Waals surface area contributed by atoms with E-state index in [4.69, 9.17) is 0 Å². The first-order valence-electron chi connectivity index (χ1n) is 8.60. The molecule has 0 fully saturated rings. The summed E-state index contributed by atoms with van der Waals surface area (Å²) in [7, 11) is 1.53. The molecule has 3 nitrogen and oxygen atoms in total. The molecule has 0 unspecified atom stereocenters. The van der Waals surface area contributed by atoms with Crippen molar-refractivity contribution in [2.75, 3.05) is 13.6 Å². The van der Waals surface area contributed by atoms with E-state index < -0.39 is 11.7 Å². The van der Waals surface area contributed by atoms with Crippen LogP contribution in [-0.4, -0.2) is 29.3 Å². The number of benzene rings is 2. The minimum Gasteiger partial charge on any atom is -0.337 e. The highest BCUT2D eigenvalue weighted by molar-refractivity contribution is 5.98. The van der Waals surface area contributed by atoms with Crippen molar-refractivity contribution in [1.82, 2.24) is 9.80 Å². The zero-order chi connectivity index (χ0) is 18.5. The van der Waals surface area contributed by atoms with Gasteiger partial charge in [-0.15, -0.1) is 0 Å². The second-order valence-electron chi connectivity index (χ2n) is 7.06. The average Bonchev–Trinajstić information content (AvgIpc) is 2.88. The van der Waals surface area contributed by atoms with Crippen molar-refractivity contribution in [3.63, 3.8) is 0 Å². The zero-order valence-electron chi connectivity index (χ0n) is 14.4. The van der Waals surface area contributed by atoms with Gasteiger partial charge in [0, 0.05) is 38.8 Å². The quantitative estimate of drug-likeness (QED) is 0.812. The number of alkyl halides is 3. The molecule has 0 spiro atoms. The van der Waals surface area contributed by atoms with Gasteiger partial charge >= 0.3 is 6.18 Å². The third-order valence-corrected chi connectivity index (χ3v) is 5.20. The predicted molar refractivity (Wildman–Crippen MR) is 91.5 cm³/mol. The Bertz CT molecular complexity index is 876. The largest absolute Gasteiger partial charge is 0.416 e. The predicted octanol–water partition coefficient (Wildman–Crippen LogP) is 3.85. The van der Waals surface area contributed by atoms with Crippen molar-refractivity contribution in [2.24, 2.45) is 0 Å². The third kappa shape index (κ3) is 2.98. The molecule has 1 amide bonds. The Balaban J connectivity index is 1.65. The summed E-state index contributed by atoms with van der Waals surface area (Å²) in [5.41, 5.74) is 2.66. The molecule has 4 rings (SSSR count). The van der Waals surface area contributed by atoms with Gasteiger partial charge < -0.3 is 4.90 Å². The number of carbonyl (C=O) groups excluding carboxylic acids is 1. The van der Waals surface area contributed by atoms with Crippen LogP contribution in [0, 0.1) is 0 Å². The second kappa shape index (κ2) is 6.13. The van der Waals surface area contributed by atoms with E-state index in [-0.39, 0.29) is 23.6 Å². The number of carbonyl (C=O) groups is 1. The van der Waals surface area contributed by atoms with Crippen molar-refractivity contribution in [3.8, 4) is 0 Å². The highest BCUT2D eigenvalue weighted by Gasteiger charge is 2.39. The molecule has 6 heteroatoms. The Kier molecular flexibility index (Phi) is 4.03. The van der Waals surface area contributed by atoms with Crippen molar-refractivity contribution in [2.45, 2.75) is 32.2 Å². The third-order valence-electron chi connectivity index (χ3n) is 5.20. The fraction of sp³-hybridized carbons (Fsp3) is 0.350. The molecule has 2 aromatic carbocycles. The molecule has 26 heavy (non-hydrogen) atoms. The molecule has 2 aromatic rings. The molecule has 0 aromatic heterocycles. The maximum atomic E-state index is 13.5. The smallest absolute Gasteiger partial charge is 0.337 e. The number of fused-ring (bicyclic) bond motifs is 2. The van der Waals surface area contributed by atoms with Crippen molar-refractivity contribution >= 4 is 5.91 Å². The molecule has 2 heterocycles. The second-order valence-corrected chi connectivity index (χ2v) is 7.06. The zero-order valence-corrected chi connectivity index (χ0v) is 14.4. The lowest BCUT2D eigenvalue weighted by Crippen LogP contribution is -2.30. The van der Waals surface area contributed by atoms with E-state index >= 15 is 0 Å². The Morgan fingerprint density at radius 1 is 1.08 bits per heavy atom. The SMILES string of the molecule is CN1Cc2c(cc(CN3CCc4ccccc4C3)cc2C(F)(F)F)C1=O. The van der Waals surface area contributed by atoms with Gasteiger partial charge in [-0.1, -0.05) is 24.3 Å². The van der Waals surface area contributed by atoms with Crippen LogP contribution in [0.2, 0.25) is 0 Å².